The molecule has 1 saturated heterocycles. The molecular weight excluding hydrogens is 294 g/mol. The third kappa shape index (κ3) is 2.28. The van der Waals surface area contributed by atoms with Gasteiger partial charge in [-0.1, -0.05) is 13.0 Å². The van der Waals surface area contributed by atoms with Crippen LogP contribution in [-0.2, 0) is 10.2 Å². The van der Waals surface area contributed by atoms with Crippen molar-refractivity contribution in [3.8, 4) is 0 Å². The van der Waals surface area contributed by atoms with Crippen LogP contribution in [0.25, 0.3) is 10.2 Å². The molecular formula is C17H21N3OS. The molecule has 1 fully saturated rings. The number of hydrogen-bond acceptors (Lipinski definition) is 5. The second kappa shape index (κ2) is 5.41. The molecule has 0 amide bonds. The summed E-state index contributed by atoms with van der Waals surface area (Å²) in [4.78, 5) is 9.59. The summed E-state index contributed by atoms with van der Waals surface area (Å²) in [5.74, 6) is 0.710. The van der Waals surface area contributed by atoms with Gasteiger partial charge in [0.05, 0.1) is 28.8 Å². The second-order valence-electron chi connectivity index (χ2n) is 6.61. The maximum absolute atomic E-state index is 5.95. The summed E-state index contributed by atoms with van der Waals surface area (Å²) in [7, 11) is 0. The molecule has 5 heteroatoms. The number of aromatic nitrogens is 1. The van der Waals surface area contributed by atoms with E-state index in [1.54, 1.807) is 11.3 Å². The van der Waals surface area contributed by atoms with Gasteiger partial charge in [-0.05, 0) is 36.5 Å². The molecule has 0 bridgehead atoms. The van der Waals surface area contributed by atoms with Crippen molar-refractivity contribution in [3.63, 3.8) is 0 Å². The van der Waals surface area contributed by atoms with Crippen LogP contribution in [-0.4, -0.2) is 37.0 Å². The number of fused-ring (bicyclic) bond motifs is 1. The normalized spacial score (nSPS) is 24.1. The molecule has 2 aliphatic rings. The zero-order valence-corrected chi connectivity index (χ0v) is 13.7. The van der Waals surface area contributed by atoms with Gasteiger partial charge in [-0.25, -0.2) is 4.98 Å². The van der Waals surface area contributed by atoms with Crippen LogP contribution in [0.15, 0.2) is 23.2 Å². The molecule has 22 heavy (non-hydrogen) atoms. The van der Waals surface area contributed by atoms with E-state index in [2.05, 4.69) is 25.1 Å². The highest BCUT2D eigenvalue weighted by Gasteiger charge is 2.42. The Labute approximate surface area is 134 Å². The average Bonchev–Trinajstić information content (AvgIpc) is 2.90. The number of benzene rings is 1. The van der Waals surface area contributed by atoms with Gasteiger partial charge in [-0.15, -0.1) is 11.3 Å². The number of hydrogen-bond donors (Lipinski definition) is 1. The lowest BCUT2D eigenvalue weighted by Crippen LogP contribution is -2.52. The molecule has 2 aromatic rings. The number of aliphatic imine (C=N–C) groups is 1. The molecule has 4 rings (SSSR count). The van der Waals surface area contributed by atoms with Gasteiger partial charge in [0.25, 0.3) is 0 Å². The molecule has 116 valence electrons. The van der Waals surface area contributed by atoms with E-state index >= 15 is 0 Å². The Kier molecular flexibility index (Phi) is 3.51. The lowest BCUT2D eigenvalue weighted by atomic mass is 9.87. The first-order valence-corrected chi connectivity index (χ1v) is 8.74. The quantitative estimate of drug-likeness (QED) is 0.947. The summed E-state index contributed by atoms with van der Waals surface area (Å²) in [6, 6.07) is 6.55. The van der Waals surface area contributed by atoms with Gasteiger partial charge in [0, 0.05) is 18.8 Å². The number of ether oxygens (including phenoxy) is 1. The third-order valence-corrected chi connectivity index (χ3v) is 6.07. The zero-order chi connectivity index (χ0) is 15.2. The molecule has 3 heterocycles. The highest BCUT2D eigenvalue weighted by Crippen LogP contribution is 2.37. The van der Waals surface area contributed by atoms with E-state index in [1.807, 2.05) is 0 Å². The van der Waals surface area contributed by atoms with Crippen molar-refractivity contribution in [1.82, 2.24) is 4.98 Å². The van der Waals surface area contributed by atoms with E-state index in [-0.39, 0.29) is 5.41 Å². The van der Waals surface area contributed by atoms with Crippen LogP contribution in [0, 0.1) is 5.92 Å². The molecule has 1 aromatic heterocycles. The summed E-state index contributed by atoms with van der Waals surface area (Å²) in [6.45, 7) is 5.21. The summed E-state index contributed by atoms with van der Waals surface area (Å²) < 4.78 is 6.60. The van der Waals surface area contributed by atoms with Gasteiger partial charge in [0.15, 0.2) is 0 Å². The minimum atomic E-state index is -0.0539. The smallest absolute Gasteiger partial charge is 0.106 e. The van der Waals surface area contributed by atoms with Crippen LogP contribution >= 0.6 is 11.3 Å². The highest BCUT2D eigenvalue weighted by atomic mass is 32.1. The fourth-order valence-electron chi connectivity index (χ4n) is 3.07. The maximum atomic E-state index is 5.95. The molecule has 0 aliphatic carbocycles. The minimum Gasteiger partial charge on any atom is -0.379 e. The summed E-state index contributed by atoms with van der Waals surface area (Å²) in [5.41, 5.74) is 9.42. The molecule has 4 nitrogen and oxygen atoms in total. The van der Waals surface area contributed by atoms with Crippen LogP contribution in [0.2, 0.25) is 0 Å². The molecule has 0 radical (unpaired) electrons. The Bertz CT molecular complexity index is 727. The first-order valence-electron chi connectivity index (χ1n) is 7.93. The summed E-state index contributed by atoms with van der Waals surface area (Å²) >= 11 is 1.75. The topological polar surface area (TPSA) is 60.5 Å². The monoisotopic (exact) mass is 315 g/mol. The van der Waals surface area contributed by atoms with Crippen LogP contribution in [0.4, 0.5) is 0 Å². The Morgan fingerprint density at radius 3 is 2.91 bits per heavy atom. The Morgan fingerprint density at radius 2 is 2.27 bits per heavy atom. The molecule has 1 aromatic carbocycles. The van der Waals surface area contributed by atoms with Crippen LogP contribution in [0.1, 0.15) is 30.3 Å². The third-order valence-electron chi connectivity index (χ3n) is 4.79. The largest absolute Gasteiger partial charge is 0.379 e. The minimum absolute atomic E-state index is 0.0539. The first-order chi connectivity index (χ1) is 10.7. The number of thiazole rings is 1. The molecule has 2 N–H and O–H groups in total. The SMILES string of the molecule is CC1CCC(c2ccc3sc(C4(CN)COC4)nc3c2)=NC1. The highest BCUT2D eigenvalue weighted by molar-refractivity contribution is 7.18. The van der Waals surface area contributed by atoms with Gasteiger partial charge in [0.2, 0.25) is 0 Å². The lowest BCUT2D eigenvalue weighted by Gasteiger charge is -2.38. The van der Waals surface area contributed by atoms with Gasteiger partial charge in [-0.2, -0.15) is 0 Å². The fourth-order valence-corrected chi connectivity index (χ4v) is 4.18. The van der Waals surface area contributed by atoms with Crippen molar-refractivity contribution < 1.29 is 4.74 Å². The summed E-state index contributed by atoms with van der Waals surface area (Å²) in [6.07, 6.45) is 2.30. The van der Waals surface area contributed by atoms with Crippen molar-refractivity contribution in [2.75, 3.05) is 26.3 Å². The van der Waals surface area contributed by atoms with Crippen LogP contribution in [0.5, 0.6) is 0 Å². The van der Waals surface area contributed by atoms with Crippen LogP contribution in [0.3, 0.4) is 0 Å². The van der Waals surface area contributed by atoms with E-state index in [4.69, 9.17) is 20.4 Å². The van der Waals surface area contributed by atoms with Gasteiger partial charge >= 0.3 is 0 Å². The first kappa shape index (κ1) is 14.3. The fraction of sp³-hybridized carbons (Fsp3) is 0.529. The van der Waals surface area contributed by atoms with E-state index < -0.39 is 0 Å². The molecule has 2 aliphatic heterocycles. The van der Waals surface area contributed by atoms with Crippen molar-refractivity contribution in [1.29, 1.82) is 0 Å². The van der Waals surface area contributed by atoms with Gasteiger partial charge in [0.1, 0.15) is 5.01 Å². The second-order valence-corrected chi connectivity index (χ2v) is 7.64. The van der Waals surface area contributed by atoms with Crippen molar-refractivity contribution in [2.45, 2.75) is 25.2 Å². The van der Waals surface area contributed by atoms with Crippen molar-refractivity contribution in [2.24, 2.45) is 16.6 Å². The van der Waals surface area contributed by atoms with E-state index in [0.717, 1.165) is 23.5 Å². The Morgan fingerprint density at radius 1 is 1.41 bits per heavy atom. The number of nitrogens with zero attached hydrogens (tertiary/aromatic N) is 2. The van der Waals surface area contributed by atoms with E-state index in [0.29, 0.717) is 25.7 Å². The lowest BCUT2D eigenvalue weighted by molar-refractivity contribution is -0.0550. The predicted molar refractivity (Wildman–Crippen MR) is 91.0 cm³/mol. The standard InChI is InChI=1S/C17H21N3OS/c1-11-2-4-13(19-7-11)12-3-5-15-14(6-12)20-16(22-15)17(8-18)9-21-10-17/h3,5-6,11H,2,4,7-10,18H2,1H3. The zero-order valence-electron chi connectivity index (χ0n) is 12.8. The Balaban J connectivity index is 1.69. The van der Waals surface area contributed by atoms with E-state index in [1.165, 1.54) is 22.4 Å². The predicted octanol–water partition coefficient (Wildman–Crippen LogP) is 2.74. The van der Waals surface area contributed by atoms with Crippen molar-refractivity contribution >= 4 is 27.3 Å². The molecule has 0 spiro atoms. The molecule has 1 atom stereocenters. The molecule has 1 unspecified atom stereocenters. The summed E-state index contributed by atoms with van der Waals surface area (Å²) in [5, 5.41) is 1.12. The maximum Gasteiger partial charge on any atom is 0.106 e. The number of nitrogens with two attached hydrogens (primary N) is 1. The van der Waals surface area contributed by atoms with Crippen molar-refractivity contribution in [3.05, 3.63) is 28.8 Å². The Hall–Kier alpha value is -1.30. The average molecular weight is 315 g/mol. The number of rotatable bonds is 3. The van der Waals surface area contributed by atoms with Crippen LogP contribution < -0.4 is 5.73 Å². The molecule has 0 saturated carbocycles. The van der Waals surface area contributed by atoms with Gasteiger partial charge in [-0.3, -0.25) is 4.99 Å². The van der Waals surface area contributed by atoms with E-state index in [9.17, 15) is 0 Å². The van der Waals surface area contributed by atoms with Gasteiger partial charge < -0.3 is 10.5 Å².